The number of sulfonamides is 1. The third-order valence-electron chi connectivity index (χ3n) is 4.04. The molecule has 0 radical (unpaired) electrons. The summed E-state index contributed by atoms with van der Waals surface area (Å²) < 4.78 is 32.6. The fraction of sp³-hybridized carbons (Fsp3) is 0.235. The van der Waals surface area contributed by atoms with Crippen LogP contribution in [-0.2, 0) is 14.8 Å². The summed E-state index contributed by atoms with van der Waals surface area (Å²) in [7, 11) is -3.85. The van der Waals surface area contributed by atoms with Crippen LogP contribution < -0.4 is 0 Å². The fourth-order valence-electron chi connectivity index (χ4n) is 2.71. The van der Waals surface area contributed by atoms with Crippen LogP contribution in [0.3, 0.4) is 0 Å². The van der Waals surface area contributed by atoms with E-state index in [2.05, 4.69) is 0 Å². The number of aryl methyl sites for hydroxylation is 1. The van der Waals surface area contributed by atoms with E-state index in [9.17, 15) is 18.3 Å². The first-order valence-electron chi connectivity index (χ1n) is 7.44. The zero-order valence-corrected chi connectivity index (χ0v) is 13.9. The summed E-state index contributed by atoms with van der Waals surface area (Å²) in [5.74, 6) is -0.622. The minimum absolute atomic E-state index is 0.0634. The molecule has 0 aliphatic carbocycles. The monoisotopic (exact) mass is 347 g/mol. The maximum atomic E-state index is 13.0. The van der Waals surface area contributed by atoms with Crippen molar-refractivity contribution in [2.45, 2.75) is 24.3 Å². The molecule has 24 heavy (non-hydrogen) atoms. The molecule has 0 amide bonds. The molecule has 0 fully saturated rings. The van der Waals surface area contributed by atoms with Crippen LogP contribution in [0.2, 0.25) is 0 Å². The van der Waals surface area contributed by atoms with Crippen molar-refractivity contribution in [2.75, 3.05) is 6.54 Å². The number of hydrogen-bond acceptors (Lipinski definition) is 4. The Kier molecular flexibility index (Phi) is 4.29. The van der Waals surface area contributed by atoms with E-state index >= 15 is 0 Å². The highest BCUT2D eigenvalue weighted by atomic mass is 32.2. The SMILES string of the molecule is Cc1ccc(S(=O)(=O)N2CC(C(=O)O)=CCC2c2ccco2)cc1. The van der Waals surface area contributed by atoms with Crippen molar-refractivity contribution in [3.05, 3.63) is 65.6 Å². The second-order valence-electron chi connectivity index (χ2n) is 5.66. The van der Waals surface area contributed by atoms with Crippen molar-refractivity contribution in [1.29, 1.82) is 0 Å². The molecule has 1 N–H and O–H groups in total. The van der Waals surface area contributed by atoms with Gasteiger partial charge in [-0.15, -0.1) is 0 Å². The molecule has 2 heterocycles. The Hall–Kier alpha value is -2.38. The van der Waals surface area contributed by atoms with Crippen LogP contribution in [-0.4, -0.2) is 30.3 Å². The van der Waals surface area contributed by atoms with E-state index in [1.165, 1.54) is 22.7 Å². The summed E-state index contributed by atoms with van der Waals surface area (Å²) in [6.45, 7) is 1.67. The Labute approximate surface area is 140 Å². The van der Waals surface area contributed by atoms with Crippen LogP contribution in [0.25, 0.3) is 0 Å². The molecule has 0 spiro atoms. The van der Waals surface area contributed by atoms with Crippen molar-refractivity contribution >= 4 is 16.0 Å². The average Bonchev–Trinajstić information content (AvgIpc) is 3.09. The van der Waals surface area contributed by atoms with Crippen LogP contribution in [0, 0.1) is 6.92 Å². The number of carboxylic acids is 1. The number of nitrogens with zero attached hydrogens (tertiary/aromatic N) is 1. The van der Waals surface area contributed by atoms with Gasteiger partial charge in [0.25, 0.3) is 0 Å². The van der Waals surface area contributed by atoms with Gasteiger partial charge in [0.15, 0.2) is 0 Å². The third kappa shape index (κ3) is 3.00. The summed E-state index contributed by atoms with van der Waals surface area (Å²) >= 11 is 0. The van der Waals surface area contributed by atoms with Crippen LogP contribution in [0.5, 0.6) is 0 Å². The maximum Gasteiger partial charge on any atom is 0.332 e. The van der Waals surface area contributed by atoms with Crippen molar-refractivity contribution in [3.63, 3.8) is 0 Å². The molecule has 0 saturated heterocycles. The first-order valence-corrected chi connectivity index (χ1v) is 8.88. The van der Waals surface area contributed by atoms with Gasteiger partial charge in [-0.3, -0.25) is 0 Å². The summed E-state index contributed by atoms with van der Waals surface area (Å²) in [4.78, 5) is 11.4. The van der Waals surface area contributed by atoms with Gasteiger partial charge in [-0.2, -0.15) is 4.31 Å². The summed E-state index contributed by atoms with van der Waals surface area (Å²) in [6, 6.07) is 9.31. The Morgan fingerprint density at radius 3 is 2.54 bits per heavy atom. The third-order valence-corrected chi connectivity index (χ3v) is 5.90. The molecule has 1 unspecified atom stereocenters. The van der Waals surface area contributed by atoms with Gasteiger partial charge < -0.3 is 9.52 Å². The second-order valence-corrected chi connectivity index (χ2v) is 7.56. The number of carbonyl (C=O) groups is 1. The standard InChI is InChI=1S/C17H17NO5S/c1-12-4-7-14(8-5-12)24(21,22)18-11-13(17(19)20)6-9-15(18)16-3-2-10-23-16/h2-8,10,15H,9,11H2,1H3,(H,19,20). The van der Waals surface area contributed by atoms with Crippen molar-refractivity contribution in [2.24, 2.45) is 0 Å². The lowest BCUT2D eigenvalue weighted by Crippen LogP contribution is -2.39. The predicted molar refractivity (Wildman–Crippen MR) is 86.9 cm³/mol. The van der Waals surface area contributed by atoms with E-state index in [4.69, 9.17) is 4.42 Å². The first-order chi connectivity index (χ1) is 11.4. The van der Waals surface area contributed by atoms with E-state index in [1.54, 1.807) is 30.3 Å². The highest BCUT2D eigenvalue weighted by Crippen LogP contribution is 2.35. The van der Waals surface area contributed by atoms with Gasteiger partial charge in [-0.05, 0) is 37.6 Å². The van der Waals surface area contributed by atoms with Crippen LogP contribution in [0.4, 0.5) is 0 Å². The Morgan fingerprint density at radius 1 is 1.25 bits per heavy atom. The molecule has 1 aliphatic rings. The molecule has 1 atom stereocenters. The molecule has 1 aliphatic heterocycles. The quantitative estimate of drug-likeness (QED) is 0.919. The molecule has 3 rings (SSSR count). The zero-order chi connectivity index (χ0) is 17.3. The lowest BCUT2D eigenvalue weighted by molar-refractivity contribution is -0.133. The van der Waals surface area contributed by atoms with Crippen molar-refractivity contribution < 1.29 is 22.7 Å². The zero-order valence-electron chi connectivity index (χ0n) is 13.0. The Balaban J connectivity index is 2.04. The number of hydrogen-bond donors (Lipinski definition) is 1. The van der Waals surface area contributed by atoms with E-state index in [1.807, 2.05) is 6.92 Å². The lowest BCUT2D eigenvalue weighted by Gasteiger charge is -2.32. The Morgan fingerprint density at radius 2 is 1.96 bits per heavy atom. The number of benzene rings is 1. The molecule has 126 valence electrons. The van der Waals surface area contributed by atoms with Crippen LogP contribution >= 0.6 is 0 Å². The van der Waals surface area contributed by atoms with Gasteiger partial charge in [0.05, 0.1) is 17.2 Å². The van der Waals surface area contributed by atoms with E-state index in [0.29, 0.717) is 5.76 Å². The molecule has 6 nitrogen and oxygen atoms in total. The highest BCUT2D eigenvalue weighted by Gasteiger charge is 2.37. The summed E-state index contributed by atoms with van der Waals surface area (Å²) in [6.07, 6.45) is 3.28. The van der Waals surface area contributed by atoms with Gasteiger partial charge in [0.1, 0.15) is 5.76 Å². The summed E-state index contributed by atoms with van der Waals surface area (Å²) in [5, 5.41) is 9.23. The van der Waals surface area contributed by atoms with E-state index in [-0.39, 0.29) is 23.4 Å². The molecular formula is C17H17NO5S. The van der Waals surface area contributed by atoms with Gasteiger partial charge >= 0.3 is 5.97 Å². The molecular weight excluding hydrogens is 330 g/mol. The van der Waals surface area contributed by atoms with E-state index < -0.39 is 22.0 Å². The van der Waals surface area contributed by atoms with Gasteiger partial charge in [0.2, 0.25) is 10.0 Å². The van der Waals surface area contributed by atoms with Gasteiger partial charge in [-0.25, -0.2) is 13.2 Å². The van der Waals surface area contributed by atoms with Crippen LogP contribution in [0.15, 0.2) is 63.6 Å². The Bertz CT molecular complexity index is 866. The number of aliphatic carboxylic acids is 1. The average molecular weight is 347 g/mol. The number of rotatable bonds is 4. The maximum absolute atomic E-state index is 13.0. The van der Waals surface area contributed by atoms with Gasteiger partial charge in [0, 0.05) is 12.1 Å². The lowest BCUT2D eigenvalue weighted by atomic mass is 10.0. The normalized spacial score (nSPS) is 19.0. The molecule has 1 aromatic heterocycles. The highest BCUT2D eigenvalue weighted by molar-refractivity contribution is 7.89. The molecule has 1 aromatic carbocycles. The van der Waals surface area contributed by atoms with E-state index in [0.717, 1.165) is 5.56 Å². The van der Waals surface area contributed by atoms with Crippen LogP contribution in [0.1, 0.15) is 23.8 Å². The summed E-state index contributed by atoms with van der Waals surface area (Å²) in [5.41, 5.74) is 1.01. The van der Waals surface area contributed by atoms with Crippen molar-refractivity contribution in [1.82, 2.24) is 4.31 Å². The molecule has 7 heteroatoms. The topological polar surface area (TPSA) is 87.8 Å². The van der Waals surface area contributed by atoms with Crippen molar-refractivity contribution in [3.8, 4) is 0 Å². The number of furan rings is 1. The number of carboxylic acid groups (broad SMARTS) is 1. The second kappa shape index (κ2) is 6.26. The molecule has 0 saturated carbocycles. The molecule has 2 aromatic rings. The first kappa shape index (κ1) is 16.5. The fourth-order valence-corrected chi connectivity index (χ4v) is 4.29. The largest absolute Gasteiger partial charge is 0.478 e. The minimum Gasteiger partial charge on any atom is -0.478 e. The predicted octanol–water partition coefficient (Wildman–Crippen LogP) is 2.73. The smallest absolute Gasteiger partial charge is 0.332 e. The minimum atomic E-state index is -3.85. The van der Waals surface area contributed by atoms with Gasteiger partial charge in [-0.1, -0.05) is 23.8 Å². The molecule has 0 bridgehead atoms.